The lowest BCUT2D eigenvalue weighted by atomic mass is 10.4. The van der Waals surface area contributed by atoms with Gasteiger partial charge in [0.15, 0.2) is 11.5 Å². The van der Waals surface area contributed by atoms with Crippen LogP contribution in [0.1, 0.15) is 5.69 Å². The van der Waals surface area contributed by atoms with E-state index in [2.05, 4.69) is 30.2 Å². The van der Waals surface area contributed by atoms with Crippen LogP contribution in [0.5, 0.6) is 0 Å². The van der Waals surface area contributed by atoms with Crippen LogP contribution < -0.4 is 5.32 Å². The van der Waals surface area contributed by atoms with E-state index in [0.717, 1.165) is 11.2 Å². The molecule has 0 spiro atoms. The largest absolute Gasteiger partial charge is 0.362 e. The Kier molecular flexibility index (Phi) is 2.96. The molecule has 3 aromatic rings. The Hall–Kier alpha value is -2.28. The van der Waals surface area contributed by atoms with E-state index in [-0.39, 0.29) is 5.28 Å². The Morgan fingerprint density at radius 2 is 2.21 bits per heavy atom. The number of aryl methyl sites for hydroxylation is 1. The fraction of sp³-hybridized carbons (Fsp3) is 0.182. The molecule has 19 heavy (non-hydrogen) atoms. The number of anilines is 1. The van der Waals surface area contributed by atoms with Gasteiger partial charge in [-0.1, -0.05) is 0 Å². The number of imidazole rings is 1. The molecule has 0 atom stereocenters. The monoisotopic (exact) mass is 275 g/mol. The predicted molar refractivity (Wildman–Crippen MR) is 70.7 cm³/mol. The van der Waals surface area contributed by atoms with Crippen LogP contribution in [0.15, 0.2) is 24.9 Å². The zero-order chi connectivity index (χ0) is 13.2. The van der Waals surface area contributed by atoms with Gasteiger partial charge in [0.2, 0.25) is 5.28 Å². The lowest BCUT2D eigenvalue weighted by molar-refractivity contribution is 0.938. The van der Waals surface area contributed by atoms with Gasteiger partial charge in [0.05, 0.1) is 18.6 Å². The minimum Gasteiger partial charge on any atom is -0.362 e. The van der Waals surface area contributed by atoms with Crippen molar-refractivity contribution < 1.29 is 0 Å². The summed E-state index contributed by atoms with van der Waals surface area (Å²) >= 11 is 5.88. The topological polar surface area (TPSA) is 81.4 Å². The van der Waals surface area contributed by atoms with Gasteiger partial charge in [0, 0.05) is 13.2 Å². The zero-order valence-electron chi connectivity index (χ0n) is 10.1. The second-order valence-electron chi connectivity index (χ2n) is 3.92. The minimum absolute atomic E-state index is 0.163. The standard InChI is InChI=1S/C11H10ClN7/c1-19-6-16-10-8(19)9(17-11(12)18-10)14-4-7-2-3-13-5-15-7/h2-3,5-6H,4H2,1H3,(H,14,17,18). The summed E-state index contributed by atoms with van der Waals surface area (Å²) in [7, 11) is 1.88. The van der Waals surface area contributed by atoms with Crippen molar-refractivity contribution in [1.29, 1.82) is 0 Å². The zero-order valence-corrected chi connectivity index (χ0v) is 10.8. The van der Waals surface area contributed by atoms with Crippen LogP contribution in [0.4, 0.5) is 5.82 Å². The summed E-state index contributed by atoms with van der Waals surface area (Å²) in [6.45, 7) is 0.524. The number of hydrogen-bond donors (Lipinski definition) is 1. The molecule has 3 aromatic heterocycles. The fourth-order valence-electron chi connectivity index (χ4n) is 1.75. The number of nitrogens with one attached hydrogen (secondary N) is 1. The molecule has 96 valence electrons. The predicted octanol–water partition coefficient (Wildman–Crippen LogP) is 1.42. The quantitative estimate of drug-likeness (QED) is 0.728. The molecule has 0 unspecified atom stereocenters. The van der Waals surface area contributed by atoms with Gasteiger partial charge in [-0.15, -0.1) is 0 Å². The Balaban J connectivity index is 1.94. The van der Waals surface area contributed by atoms with Gasteiger partial charge in [-0.3, -0.25) is 0 Å². The van der Waals surface area contributed by atoms with E-state index in [1.165, 1.54) is 6.33 Å². The van der Waals surface area contributed by atoms with E-state index in [9.17, 15) is 0 Å². The third-order valence-corrected chi connectivity index (χ3v) is 2.79. The third-order valence-electron chi connectivity index (χ3n) is 2.62. The first-order valence-electron chi connectivity index (χ1n) is 5.57. The molecule has 0 aliphatic carbocycles. The van der Waals surface area contributed by atoms with Crippen molar-refractivity contribution >= 4 is 28.6 Å². The highest BCUT2D eigenvalue weighted by Gasteiger charge is 2.11. The number of halogens is 1. The van der Waals surface area contributed by atoms with E-state index >= 15 is 0 Å². The number of nitrogens with zero attached hydrogens (tertiary/aromatic N) is 6. The molecule has 0 amide bonds. The van der Waals surface area contributed by atoms with Crippen molar-refractivity contribution in [3.63, 3.8) is 0 Å². The normalized spacial score (nSPS) is 10.8. The van der Waals surface area contributed by atoms with Crippen molar-refractivity contribution in [3.05, 3.63) is 35.9 Å². The van der Waals surface area contributed by atoms with Gasteiger partial charge in [-0.25, -0.2) is 15.0 Å². The molecule has 0 bridgehead atoms. The average Bonchev–Trinajstić information content (AvgIpc) is 2.79. The Morgan fingerprint density at radius 1 is 1.32 bits per heavy atom. The summed E-state index contributed by atoms with van der Waals surface area (Å²) in [4.78, 5) is 20.4. The number of hydrogen-bond acceptors (Lipinski definition) is 6. The minimum atomic E-state index is 0.163. The highest BCUT2D eigenvalue weighted by molar-refractivity contribution is 6.28. The molecule has 0 fully saturated rings. The lowest BCUT2D eigenvalue weighted by Gasteiger charge is -2.07. The van der Waals surface area contributed by atoms with E-state index in [1.54, 1.807) is 12.5 Å². The van der Waals surface area contributed by atoms with Crippen molar-refractivity contribution in [2.45, 2.75) is 6.54 Å². The molecular weight excluding hydrogens is 266 g/mol. The molecular formula is C11H10ClN7. The summed E-state index contributed by atoms with van der Waals surface area (Å²) < 4.78 is 1.84. The van der Waals surface area contributed by atoms with Crippen LogP contribution in [-0.4, -0.2) is 29.5 Å². The molecule has 3 rings (SSSR count). The van der Waals surface area contributed by atoms with Crippen LogP contribution in [0, 0.1) is 0 Å². The fourth-order valence-corrected chi connectivity index (χ4v) is 1.92. The van der Waals surface area contributed by atoms with Crippen molar-refractivity contribution in [2.24, 2.45) is 7.05 Å². The van der Waals surface area contributed by atoms with Gasteiger partial charge in [0.25, 0.3) is 0 Å². The SMILES string of the molecule is Cn1cnc2nc(Cl)nc(NCc3ccncn3)c21. The first-order chi connectivity index (χ1) is 9.24. The Bertz CT molecular complexity index is 710. The highest BCUT2D eigenvalue weighted by Crippen LogP contribution is 2.20. The average molecular weight is 276 g/mol. The first-order valence-corrected chi connectivity index (χ1v) is 5.95. The molecule has 3 heterocycles. The van der Waals surface area contributed by atoms with Gasteiger partial charge >= 0.3 is 0 Å². The van der Waals surface area contributed by atoms with Gasteiger partial charge < -0.3 is 9.88 Å². The van der Waals surface area contributed by atoms with Gasteiger partial charge in [-0.2, -0.15) is 9.97 Å². The molecule has 0 aliphatic rings. The maximum absolute atomic E-state index is 5.88. The maximum atomic E-state index is 5.88. The molecule has 7 nitrogen and oxygen atoms in total. The van der Waals surface area contributed by atoms with Crippen molar-refractivity contribution in [3.8, 4) is 0 Å². The molecule has 1 N–H and O–H groups in total. The maximum Gasteiger partial charge on any atom is 0.226 e. The Morgan fingerprint density at radius 3 is 3.00 bits per heavy atom. The number of fused-ring (bicyclic) bond motifs is 1. The van der Waals surface area contributed by atoms with Crippen LogP contribution in [0.2, 0.25) is 5.28 Å². The van der Waals surface area contributed by atoms with Gasteiger partial charge in [0.1, 0.15) is 11.8 Å². The molecule has 0 saturated heterocycles. The molecule has 8 heteroatoms. The van der Waals surface area contributed by atoms with Gasteiger partial charge in [-0.05, 0) is 17.7 Å². The highest BCUT2D eigenvalue weighted by atomic mass is 35.5. The second kappa shape index (κ2) is 4.77. The van der Waals surface area contributed by atoms with Crippen LogP contribution in [0.3, 0.4) is 0 Å². The van der Waals surface area contributed by atoms with Crippen LogP contribution in [0.25, 0.3) is 11.2 Å². The summed E-state index contributed by atoms with van der Waals surface area (Å²) in [5.41, 5.74) is 2.23. The molecule has 0 saturated carbocycles. The van der Waals surface area contributed by atoms with Crippen molar-refractivity contribution in [2.75, 3.05) is 5.32 Å². The second-order valence-corrected chi connectivity index (χ2v) is 4.26. The summed E-state index contributed by atoms with van der Waals surface area (Å²) in [6.07, 6.45) is 4.87. The molecule has 0 aliphatic heterocycles. The van der Waals surface area contributed by atoms with Crippen LogP contribution in [-0.2, 0) is 13.6 Å². The number of rotatable bonds is 3. The van der Waals surface area contributed by atoms with Crippen molar-refractivity contribution in [1.82, 2.24) is 29.5 Å². The van der Waals surface area contributed by atoms with Crippen LogP contribution >= 0.6 is 11.6 Å². The summed E-state index contributed by atoms with van der Waals surface area (Å²) in [6, 6.07) is 1.83. The van der Waals surface area contributed by atoms with E-state index in [1.807, 2.05) is 17.7 Å². The summed E-state index contributed by atoms with van der Waals surface area (Å²) in [5, 5.41) is 3.35. The first kappa shape index (κ1) is 11.8. The Labute approximate surface area is 113 Å². The number of aromatic nitrogens is 6. The lowest BCUT2D eigenvalue weighted by Crippen LogP contribution is -2.06. The molecule has 0 radical (unpaired) electrons. The third kappa shape index (κ3) is 2.32. The summed E-state index contributed by atoms with van der Waals surface area (Å²) in [5.74, 6) is 0.633. The van der Waals surface area contributed by atoms with E-state index in [0.29, 0.717) is 18.0 Å². The smallest absolute Gasteiger partial charge is 0.226 e. The van der Waals surface area contributed by atoms with E-state index < -0.39 is 0 Å². The van der Waals surface area contributed by atoms with E-state index in [4.69, 9.17) is 11.6 Å². The molecule has 0 aromatic carbocycles.